The second kappa shape index (κ2) is 3.43. The maximum atomic E-state index is 10.8. The lowest BCUT2D eigenvalue weighted by atomic mass is 10.2. The molecule has 3 heteroatoms. The monoisotopic (exact) mass is 164 g/mol. The summed E-state index contributed by atoms with van der Waals surface area (Å²) in [4.78, 5) is 19.2. The zero-order valence-electron chi connectivity index (χ0n) is 7.59. The Morgan fingerprint density at radius 2 is 2.17 bits per heavy atom. The molecule has 0 aliphatic heterocycles. The first-order valence-corrected chi connectivity index (χ1v) is 3.88. The molecular formula is C9H12N2O. The fourth-order valence-corrected chi connectivity index (χ4v) is 0.991. The molecule has 0 bridgehead atoms. The number of aromatic nitrogens is 2. The summed E-state index contributed by atoms with van der Waals surface area (Å²) in [5, 5.41) is 0. The minimum Gasteiger partial charge on any atom is -0.300 e. The van der Waals surface area contributed by atoms with Crippen molar-refractivity contribution in [2.45, 2.75) is 27.2 Å². The SMILES string of the molecule is CC(=O)Cc1nc(C)cnc1C. The summed E-state index contributed by atoms with van der Waals surface area (Å²) in [5.41, 5.74) is 2.50. The van der Waals surface area contributed by atoms with Crippen LogP contribution in [0.3, 0.4) is 0 Å². The Balaban J connectivity index is 2.97. The van der Waals surface area contributed by atoms with Gasteiger partial charge in [0.1, 0.15) is 5.78 Å². The summed E-state index contributed by atoms with van der Waals surface area (Å²) in [5.74, 6) is 0.123. The van der Waals surface area contributed by atoms with Gasteiger partial charge in [-0.3, -0.25) is 14.8 Å². The molecule has 1 rings (SSSR count). The molecule has 0 saturated heterocycles. The Bertz CT molecular complexity index is 307. The highest BCUT2D eigenvalue weighted by molar-refractivity contribution is 5.77. The fraction of sp³-hybridized carbons (Fsp3) is 0.444. The summed E-state index contributed by atoms with van der Waals surface area (Å²) in [6.07, 6.45) is 2.10. The second-order valence-electron chi connectivity index (χ2n) is 2.92. The van der Waals surface area contributed by atoms with E-state index in [0.29, 0.717) is 6.42 Å². The van der Waals surface area contributed by atoms with Crippen LogP contribution in [-0.2, 0) is 11.2 Å². The van der Waals surface area contributed by atoms with Crippen molar-refractivity contribution >= 4 is 5.78 Å². The number of Topliss-reactive ketones (excluding diaryl/α,β-unsaturated/α-hetero) is 1. The molecule has 1 aromatic rings. The molecule has 1 aromatic heterocycles. The number of carbonyl (C=O) groups is 1. The van der Waals surface area contributed by atoms with E-state index in [1.807, 2.05) is 13.8 Å². The standard InChI is InChI=1S/C9H12N2O/c1-6-5-10-8(3)9(11-6)4-7(2)12/h5H,4H2,1-3H3. The maximum absolute atomic E-state index is 10.8. The van der Waals surface area contributed by atoms with Crippen LogP contribution in [0.4, 0.5) is 0 Å². The van der Waals surface area contributed by atoms with Crippen molar-refractivity contribution < 1.29 is 4.79 Å². The largest absolute Gasteiger partial charge is 0.300 e. The Morgan fingerprint density at radius 1 is 1.50 bits per heavy atom. The summed E-state index contributed by atoms with van der Waals surface area (Å²) in [7, 11) is 0. The van der Waals surface area contributed by atoms with E-state index in [-0.39, 0.29) is 5.78 Å². The van der Waals surface area contributed by atoms with Gasteiger partial charge in [-0.15, -0.1) is 0 Å². The minimum atomic E-state index is 0.123. The quantitative estimate of drug-likeness (QED) is 0.660. The zero-order chi connectivity index (χ0) is 9.14. The first-order valence-electron chi connectivity index (χ1n) is 3.88. The predicted octanol–water partition coefficient (Wildman–Crippen LogP) is 1.22. The van der Waals surface area contributed by atoms with E-state index in [2.05, 4.69) is 9.97 Å². The van der Waals surface area contributed by atoms with Gasteiger partial charge in [0.25, 0.3) is 0 Å². The van der Waals surface area contributed by atoms with Crippen molar-refractivity contribution in [2.24, 2.45) is 0 Å². The second-order valence-corrected chi connectivity index (χ2v) is 2.92. The fourth-order valence-electron chi connectivity index (χ4n) is 0.991. The number of carbonyl (C=O) groups excluding carboxylic acids is 1. The average molecular weight is 164 g/mol. The van der Waals surface area contributed by atoms with E-state index in [0.717, 1.165) is 17.1 Å². The van der Waals surface area contributed by atoms with E-state index >= 15 is 0 Å². The zero-order valence-corrected chi connectivity index (χ0v) is 7.59. The van der Waals surface area contributed by atoms with Gasteiger partial charge in [0, 0.05) is 6.20 Å². The Kier molecular flexibility index (Phi) is 2.53. The van der Waals surface area contributed by atoms with E-state index in [1.54, 1.807) is 13.1 Å². The van der Waals surface area contributed by atoms with Crippen molar-refractivity contribution in [3.8, 4) is 0 Å². The van der Waals surface area contributed by atoms with Gasteiger partial charge in [0.15, 0.2) is 0 Å². The Hall–Kier alpha value is -1.25. The van der Waals surface area contributed by atoms with Crippen molar-refractivity contribution in [1.29, 1.82) is 0 Å². The summed E-state index contributed by atoms with van der Waals surface area (Å²) < 4.78 is 0. The highest BCUT2D eigenvalue weighted by atomic mass is 16.1. The lowest BCUT2D eigenvalue weighted by Crippen LogP contribution is -2.04. The maximum Gasteiger partial charge on any atom is 0.135 e. The van der Waals surface area contributed by atoms with Crippen LogP contribution in [0, 0.1) is 13.8 Å². The molecule has 0 spiro atoms. The van der Waals surface area contributed by atoms with Crippen LogP contribution in [0.1, 0.15) is 24.0 Å². The van der Waals surface area contributed by atoms with Crippen molar-refractivity contribution in [3.63, 3.8) is 0 Å². The van der Waals surface area contributed by atoms with Gasteiger partial charge < -0.3 is 0 Å². The van der Waals surface area contributed by atoms with Crippen LogP contribution in [0.5, 0.6) is 0 Å². The number of ketones is 1. The molecule has 0 aliphatic carbocycles. The van der Waals surface area contributed by atoms with Crippen molar-refractivity contribution in [2.75, 3.05) is 0 Å². The lowest BCUT2D eigenvalue weighted by molar-refractivity contribution is -0.116. The van der Waals surface area contributed by atoms with Gasteiger partial charge in [-0.2, -0.15) is 0 Å². The van der Waals surface area contributed by atoms with Crippen molar-refractivity contribution in [3.05, 3.63) is 23.3 Å². The number of aryl methyl sites for hydroxylation is 2. The number of hydrogen-bond acceptors (Lipinski definition) is 3. The molecule has 0 saturated carbocycles. The first-order chi connectivity index (χ1) is 5.59. The molecule has 0 unspecified atom stereocenters. The molecule has 64 valence electrons. The molecule has 0 fully saturated rings. The van der Waals surface area contributed by atoms with Gasteiger partial charge in [-0.1, -0.05) is 0 Å². The minimum absolute atomic E-state index is 0.123. The highest BCUT2D eigenvalue weighted by Crippen LogP contribution is 2.03. The van der Waals surface area contributed by atoms with Crippen LogP contribution in [-0.4, -0.2) is 15.8 Å². The van der Waals surface area contributed by atoms with E-state index < -0.39 is 0 Å². The van der Waals surface area contributed by atoms with Crippen LogP contribution >= 0.6 is 0 Å². The van der Waals surface area contributed by atoms with Gasteiger partial charge in [-0.25, -0.2) is 0 Å². The molecule has 0 atom stereocenters. The normalized spacial score (nSPS) is 9.92. The Morgan fingerprint density at radius 3 is 2.75 bits per heavy atom. The third-order valence-electron chi connectivity index (χ3n) is 1.59. The molecule has 0 aromatic carbocycles. The molecular weight excluding hydrogens is 152 g/mol. The molecule has 12 heavy (non-hydrogen) atoms. The molecule has 1 heterocycles. The molecule has 0 aliphatic rings. The van der Waals surface area contributed by atoms with Gasteiger partial charge >= 0.3 is 0 Å². The smallest absolute Gasteiger partial charge is 0.135 e. The van der Waals surface area contributed by atoms with Crippen molar-refractivity contribution in [1.82, 2.24) is 9.97 Å². The average Bonchev–Trinajstić information content (AvgIpc) is 1.96. The van der Waals surface area contributed by atoms with E-state index in [4.69, 9.17) is 0 Å². The number of nitrogens with zero attached hydrogens (tertiary/aromatic N) is 2. The summed E-state index contributed by atoms with van der Waals surface area (Å²) in [6, 6.07) is 0. The molecule has 0 amide bonds. The van der Waals surface area contributed by atoms with Crippen LogP contribution in [0.25, 0.3) is 0 Å². The topological polar surface area (TPSA) is 42.9 Å². The molecule has 3 nitrogen and oxygen atoms in total. The van der Waals surface area contributed by atoms with E-state index in [1.165, 1.54) is 0 Å². The summed E-state index contributed by atoms with van der Waals surface area (Å²) in [6.45, 7) is 5.30. The number of rotatable bonds is 2. The third kappa shape index (κ3) is 2.12. The molecule has 0 radical (unpaired) electrons. The van der Waals surface area contributed by atoms with Crippen LogP contribution < -0.4 is 0 Å². The first kappa shape index (κ1) is 8.84. The van der Waals surface area contributed by atoms with Gasteiger partial charge in [-0.05, 0) is 20.8 Å². The van der Waals surface area contributed by atoms with Crippen LogP contribution in [0.2, 0.25) is 0 Å². The predicted molar refractivity (Wildman–Crippen MR) is 45.9 cm³/mol. The van der Waals surface area contributed by atoms with Crippen LogP contribution in [0.15, 0.2) is 6.20 Å². The Labute approximate surface area is 71.9 Å². The summed E-state index contributed by atoms with van der Waals surface area (Å²) >= 11 is 0. The van der Waals surface area contributed by atoms with Gasteiger partial charge in [0.2, 0.25) is 0 Å². The highest BCUT2D eigenvalue weighted by Gasteiger charge is 2.03. The lowest BCUT2D eigenvalue weighted by Gasteiger charge is -2.01. The van der Waals surface area contributed by atoms with Gasteiger partial charge in [0.05, 0.1) is 23.5 Å². The molecule has 0 N–H and O–H groups in total. The number of hydrogen-bond donors (Lipinski definition) is 0. The third-order valence-corrected chi connectivity index (χ3v) is 1.59. The van der Waals surface area contributed by atoms with E-state index in [9.17, 15) is 4.79 Å².